The average Bonchev–Trinajstić information content (AvgIpc) is 3.20. The molecule has 0 aliphatic heterocycles. The van der Waals surface area contributed by atoms with Crippen LogP contribution in [0.1, 0.15) is 15.9 Å². The third-order valence-electron chi connectivity index (χ3n) is 4.16. The van der Waals surface area contributed by atoms with Crippen LogP contribution in [0.2, 0.25) is 0 Å². The number of benzene rings is 2. The molecule has 0 aliphatic carbocycles. The molecule has 146 valence electrons. The highest BCUT2D eigenvalue weighted by Gasteiger charge is 2.10. The van der Waals surface area contributed by atoms with Gasteiger partial charge in [-0.3, -0.25) is 4.79 Å². The third kappa shape index (κ3) is 5.07. The summed E-state index contributed by atoms with van der Waals surface area (Å²) in [5.41, 5.74) is 3.81. The number of thioether (sulfide) groups is 1. The van der Waals surface area contributed by atoms with Crippen molar-refractivity contribution in [2.45, 2.75) is 12.1 Å². The van der Waals surface area contributed by atoms with Crippen LogP contribution in [0.3, 0.4) is 0 Å². The molecule has 0 fully saturated rings. The number of aryl methyl sites for hydroxylation is 1. The lowest BCUT2D eigenvalue weighted by Crippen LogP contribution is -2.25. The van der Waals surface area contributed by atoms with E-state index in [1.54, 1.807) is 44.2 Å². The molecule has 0 aliphatic rings. The van der Waals surface area contributed by atoms with Crippen LogP contribution in [0, 0.1) is 6.92 Å². The van der Waals surface area contributed by atoms with E-state index in [2.05, 4.69) is 46.5 Å². The standard InChI is InChI=1S/C21H23N3O3S/c1-14-4-6-15(7-5-14)19-13-23-21(24-19)28-9-8-22-20(25)16-10-17(26-2)12-18(11-16)27-3/h4-7,10-13H,8-9H2,1-3H3,(H,22,25)(H,23,24). The van der Waals surface area contributed by atoms with E-state index in [-0.39, 0.29) is 5.91 Å². The molecule has 2 aromatic carbocycles. The Morgan fingerprint density at radius 2 is 1.79 bits per heavy atom. The summed E-state index contributed by atoms with van der Waals surface area (Å²) in [6.07, 6.45) is 1.83. The van der Waals surface area contributed by atoms with Crippen LogP contribution in [-0.2, 0) is 0 Å². The van der Waals surface area contributed by atoms with Crippen LogP contribution in [0.15, 0.2) is 53.8 Å². The largest absolute Gasteiger partial charge is 0.497 e. The van der Waals surface area contributed by atoms with E-state index < -0.39 is 0 Å². The van der Waals surface area contributed by atoms with Gasteiger partial charge in [-0.15, -0.1) is 0 Å². The summed E-state index contributed by atoms with van der Waals surface area (Å²) in [7, 11) is 3.11. The molecular weight excluding hydrogens is 374 g/mol. The van der Waals surface area contributed by atoms with Gasteiger partial charge in [0.2, 0.25) is 0 Å². The first-order valence-electron chi connectivity index (χ1n) is 8.85. The number of rotatable bonds is 8. The smallest absolute Gasteiger partial charge is 0.251 e. The minimum Gasteiger partial charge on any atom is -0.497 e. The average molecular weight is 398 g/mol. The van der Waals surface area contributed by atoms with E-state index >= 15 is 0 Å². The Morgan fingerprint density at radius 3 is 2.43 bits per heavy atom. The molecule has 3 aromatic rings. The first kappa shape index (κ1) is 19.8. The molecule has 0 unspecified atom stereocenters. The lowest BCUT2D eigenvalue weighted by Gasteiger charge is -2.09. The summed E-state index contributed by atoms with van der Waals surface area (Å²) in [5.74, 6) is 1.70. The monoisotopic (exact) mass is 397 g/mol. The number of nitrogens with one attached hydrogen (secondary N) is 2. The number of ether oxygens (including phenoxy) is 2. The van der Waals surface area contributed by atoms with Crippen molar-refractivity contribution in [3.8, 4) is 22.8 Å². The fourth-order valence-corrected chi connectivity index (χ4v) is 3.32. The Hall–Kier alpha value is -2.93. The first-order chi connectivity index (χ1) is 13.6. The zero-order chi connectivity index (χ0) is 19.9. The Labute approximate surface area is 168 Å². The van der Waals surface area contributed by atoms with Gasteiger partial charge in [0.15, 0.2) is 5.16 Å². The van der Waals surface area contributed by atoms with Crippen LogP contribution >= 0.6 is 11.8 Å². The Kier molecular flexibility index (Phi) is 6.60. The number of aromatic nitrogens is 2. The number of carbonyl (C=O) groups is 1. The van der Waals surface area contributed by atoms with Gasteiger partial charge in [-0.1, -0.05) is 41.6 Å². The van der Waals surface area contributed by atoms with Gasteiger partial charge in [-0.25, -0.2) is 4.98 Å². The second-order valence-electron chi connectivity index (χ2n) is 6.17. The maximum Gasteiger partial charge on any atom is 0.251 e. The number of carbonyl (C=O) groups excluding carboxylic acids is 1. The summed E-state index contributed by atoms with van der Waals surface area (Å²) in [6, 6.07) is 13.4. The number of H-pyrrole nitrogens is 1. The number of amides is 1. The molecule has 0 atom stereocenters. The molecule has 0 saturated carbocycles. The third-order valence-corrected chi connectivity index (χ3v) is 5.04. The van der Waals surface area contributed by atoms with E-state index in [9.17, 15) is 4.79 Å². The summed E-state index contributed by atoms with van der Waals surface area (Å²) in [6.45, 7) is 2.58. The highest BCUT2D eigenvalue weighted by atomic mass is 32.2. The van der Waals surface area contributed by atoms with Crippen molar-refractivity contribution < 1.29 is 14.3 Å². The molecule has 3 rings (SSSR count). The predicted octanol–water partition coefficient (Wildman–Crippen LogP) is 3.92. The molecule has 0 bridgehead atoms. The number of hydrogen-bond donors (Lipinski definition) is 2. The molecule has 0 radical (unpaired) electrons. The van der Waals surface area contributed by atoms with Crippen molar-refractivity contribution in [3.05, 3.63) is 59.8 Å². The van der Waals surface area contributed by atoms with Crippen molar-refractivity contribution in [3.63, 3.8) is 0 Å². The summed E-state index contributed by atoms with van der Waals surface area (Å²) >= 11 is 1.56. The topological polar surface area (TPSA) is 76.2 Å². The molecule has 1 aromatic heterocycles. The van der Waals surface area contributed by atoms with Gasteiger partial charge in [-0.05, 0) is 24.6 Å². The van der Waals surface area contributed by atoms with Crippen molar-refractivity contribution in [2.24, 2.45) is 0 Å². The first-order valence-corrected chi connectivity index (χ1v) is 9.83. The van der Waals surface area contributed by atoms with Gasteiger partial charge in [0.25, 0.3) is 5.91 Å². The molecule has 6 nitrogen and oxygen atoms in total. The molecular formula is C21H23N3O3S. The molecule has 0 spiro atoms. The van der Waals surface area contributed by atoms with Crippen LogP contribution in [0.25, 0.3) is 11.3 Å². The minimum absolute atomic E-state index is 0.169. The summed E-state index contributed by atoms with van der Waals surface area (Å²) in [4.78, 5) is 20.1. The van der Waals surface area contributed by atoms with Crippen LogP contribution < -0.4 is 14.8 Å². The predicted molar refractivity (Wildman–Crippen MR) is 111 cm³/mol. The molecule has 1 heterocycles. The fraction of sp³-hybridized carbons (Fsp3) is 0.238. The fourth-order valence-electron chi connectivity index (χ4n) is 2.61. The minimum atomic E-state index is -0.169. The van der Waals surface area contributed by atoms with Crippen LogP contribution in [0.4, 0.5) is 0 Å². The van der Waals surface area contributed by atoms with Crippen LogP contribution in [-0.4, -0.2) is 42.4 Å². The number of aromatic amines is 1. The van der Waals surface area contributed by atoms with E-state index in [4.69, 9.17) is 9.47 Å². The maximum absolute atomic E-state index is 12.4. The second-order valence-corrected chi connectivity index (χ2v) is 7.26. The van der Waals surface area contributed by atoms with Crippen molar-refractivity contribution in [2.75, 3.05) is 26.5 Å². The van der Waals surface area contributed by atoms with Gasteiger partial charge >= 0.3 is 0 Å². The zero-order valence-corrected chi connectivity index (χ0v) is 16.9. The Balaban J connectivity index is 1.51. The maximum atomic E-state index is 12.4. The van der Waals surface area contributed by atoms with Crippen molar-refractivity contribution >= 4 is 17.7 Å². The molecule has 0 saturated heterocycles. The number of nitrogens with zero attached hydrogens (tertiary/aromatic N) is 1. The SMILES string of the molecule is COc1cc(OC)cc(C(=O)NCCSc2ncc(-c3ccc(C)cc3)[nH]2)c1. The number of imidazole rings is 1. The lowest BCUT2D eigenvalue weighted by molar-refractivity contribution is 0.0955. The molecule has 2 N–H and O–H groups in total. The van der Waals surface area contributed by atoms with Gasteiger partial charge in [0.1, 0.15) is 11.5 Å². The molecule has 1 amide bonds. The second kappa shape index (κ2) is 9.32. The van der Waals surface area contributed by atoms with E-state index in [0.29, 0.717) is 29.4 Å². The van der Waals surface area contributed by atoms with Gasteiger partial charge < -0.3 is 19.8 Å². The van der Waals surface area contributed by atoms with Gasteiger partial charge in [-0.2, -0.15) is 0 Å². The summed E-state index contributed by atoms with van der Waals surface area (Å²) < 4.78 is 10.4. The number of hydrogen-bond acceptors (Lipinski definition) is 5. The molecule has 7 heteroatoms. The number of methoxy groups -OCH3 is 2. The van der Waals surface area contributed by atoms with Gasteiger partial charge in [0, 0.05) is 23.9 Å². The highest BCUT2D eigenvalue weighted by Crippen LogP contribution is 2.23. The van der Waals surface area contributed by atoms with Gasteiger partial charge in [0.05, 0.1) is 26.1 Å². The van der Waals surface area contributed by atoms with Crippen molar-refractivity contribution in [1.82, 2.24) is 15.3 Å². The van der Waals surface area contributed by atoms with E-state index in [0.717, 1.165) is 16.4 Å². The lowest BCUT2D eigenvalue weighted by atomic mass is 10.1. The summed E-state index contributed by atoms with van der Waals surface area (Å²) in [5, 5.41) is 3.73. The Morgan fingerprint density at radius 1 is 1.11 bits per heavy atom. The van der Waals surface area contributed by atoms with E-state index in [1.807, 2.05) is 6.20 Å². The Bertz CT molecular complexity index is 916. The molecule has 28 heavy (non-hydrogen) atoms. The van der Waals surface area contributed by atoms with Crippen molar-refractivity contribution in [1.29, 1.82) is 0 Å². The van der Waals surface area contributed by atoms with E-state index in [1.165, 1.54) is 5.56 Å². The zero-order valence-electron chi connectivity index (χ0n) is 16.1. The van der Waals surface area contributed by atoms with Crippen LogP contribution in [0.5, 0.6) is 11.5 Å². The quantitative estimate of drug-likeness (QED) is 0.445. The highest BCUT2D eigenvalue weighted by molar-refractivity contribution is 7.99. The normalized spacial score (nSPS) is 10.5.